The fraction of sp³-hybridized carbons (Fsp3) is 0.500. The van der Waals surface area contributed by atoms with Crippen molar-refractivity contribution in [1.82, 2.24) is 25.5 Å². The molecule has 2 rings (SSSR count). The number of imide groups is 1. The van der Waals surface area contributed by atoms with Gasteiger partial charge in [-0.25, -0.2) is 4.79 Å². The first-order valence-corrected chi connectivity index (χ1v) is 6.49. The number of urea groups is 1. The predicted octanol–water partition coefficient (Wildman–Crippen LogP) is -0.549. The van der Waals surface area contributed by atoms with Gasteiger partial charge in [-0.15, -0.1) is 5.10 Å². The molecular weight excluding hydrogens is 270 g/mol. The lowest BCUT2D eigenvalue weighted by Gasteiger charge is -2.07. The van der Waals surface area contributed by atoms with E-state index in [2.05, 4.69) is 25.5 Å². The second-order valence-electron chi connectivity index (χ2n) is 4.11. The zero-order chi connectivity index (χ0) is 13.8. The Balaban J connectivity index is 1.72. The van der Waals surface area contributed by atoms with Crippen molar-refractivity contribution in [1.29, 1.82) is 0 Å². The van der Waals surface area contributed by atoms with Gasteiger partial charge in [-0.05, 0) is 24.9 Å². The lowest BCUT2D eigenvalue weighted by Crippen LogP contribution is -2.31. The van der Waals surface area contributed by atoms with Crippen LogP contribution >= 0.6 is 11.5 Å². The summed E-state index contributed by atoms with van der Waals surface area (Å²) in [6.45, 7) is 2.20. The van der Waals surface area contributed by atoms with Gasteiger partial charge in [0, 0.05) is 6.42 Å². The molecule has 1 aliphatic heterocycles. The summed E-state index contributed by atoms with van der Waals surface area (Å²) in [4.78, 5) is 34.6. The van der Waals surface area contributed by atoms with Crippen LogP contribution in [0.25, 0.3) is 0 Å². The Kier molecular flexibility index (Phi) is 4.05. The highest BCUT2D eigenvalue weighted by molar-refractivity contribution is 7.05. The topological polar surface area (TPSA) is 113 Å². The zero-order valence-electron chi connectivity index (χ0n) is 10.2. The molecule has 0 unspecified atom stereocenters. The molecule has 3 N–H and O–H groups in total. The number of carbonyl (C=O) groups excluding carboxylic acids is 3. The normalized spacial score (nSPS) is 18.1. The summed E-state index contributed by atoms with van der Waals surface area (Å²) in [6.07, 6.45) is 0.451. The molecule has 102 valence electrons. The molecule has 1 fully saturated rings. The van der Waals surface area contributed by atoms with E-state index in [0.29, 0.717) is 6.54 Å². The standard InChI is InChI=1S/C10H13N5O3S/c1-5-7(19-15-14-5)4-11-8(16)3-2-6-9(17)13-10(18)12-6/h6H,2-4H2,1H3,(H,11,16)(H2,12,13,17,18)/t6-/m0/s1. The summed E-state index contributed by atoms with van der Waals surface area (Å²) in [5.74, 6) is -0.568. The Bertz CT molecular complexity index is 515. The molecule has 0 aliphatic carbocycles. The Hall–Kier alpha value is -2.03. The van der Waals surface area contributed by atoms with E-state index in [4.69, 9.17) is 0 Å². The number of nitrogens with zero attached hydrogens (tertiary/aromatic N) is 2. The maximum Gasteiger partial charge on any atom is 0.322 e. The molecule has 0 aromatic carbocycles. The summed E-state index contributed by atoms with van der Waals surface area (Å²) in [6, 6.07) is -1.13. The van der Waals surface area contributed by atoms with E-state index < -0.39 is 12.1 Å². The van der Waals surface area contributed by atoms with Gasteiger partial charge < -0.3 is 10.6 Å². The molecule has 1 aromatic rings. The van der Waals surface area contributed by atoms with Crippen molar-refractivity contribution in [2.45, 2.75) is 32.4 Å². The van der Waals surface area contributed by atoms with E-state index in [1.165, 1.54) is 11.5 Å². The molecule has 1 aliphatic rings. The Labute approximate surface area is 113 Å². The first-order valence-electron chi connectivity index (χ1n) is 5.72. The fourth-order valence-corrected chi connectivity index (χ4v) is 2.19. The molecule has 0 saturated carbocycles. The largest absolute Gasteiger partial charge is 0.351 e. The third-order valence-corrected chi connectivity index (χ3v) is 3.53. The van der Waals surface area contributed by atoms with Crippen LogP contribution in [0.3, 0.4) is 0 Å². The Morgan fingerprint density at radius 1 is 1.47 bits per heavy atom. The zero-order valence-corrected chi connectivity index (χ0v) is 11.0. The second-order valence-corrected chi connectivity index (χ2v) is 4.95. The van der Waals surface area contributed by atoms with Crippen molar-refractivity contribution in [3.05, 3.63) is 10.6 Å². The van der Waals surface area contributed by atoms with Crippen LogP contribution in [0.4, 0.5) is 4.79 Å². The van der Waals surface area contributed by atoms with Gasteiger partial charge in [0.25, 0.3) is 5.91 Å². The van der Waals surface area contributed by atoms with Crippen LogP contribution < -0.4 is 16.0 Å². The molecule has 1 saturated heterocycles. The van der Waals surface area contributed by atoms with E-state index in [-0.39, 0.29) is 24.7 Å². The first kappa shape index (κ1) is 13.4. The number of aromatic nitrogens is 2. The maximum absolute atomic E-state index is 11.6. The molecule has 0 radical (unpaired) electrons. The molecule has 0 spiro atoms. The van der Waals surface area contributed by atoms with Crippen LogP contribution in [0.15, 0.2) is 0 Å². The summed E-state index contributed by atoms with van der Waals surface area (Å²) < 4.78 is 3.77. The van der Waals surface area contributed by atoms with Crippen molar-refractivity contribution < 1.29 is 14.4 Å². The van der Waals surface area contributed by atoms with Gasteiger partial charge in [-0.1, -0.05) is 4.49 Å². The average molecular weight is 283 g/mol. The van der Waals surface area contributed by atoms with Crippen molar-refractivity contribution >= 4 is 29.4 Å². The molecule has 1 atom stereocenters. The van der Waals surface area contributed by atoms with E-state index in [0.717, 1.165) is 10.6 Å². The van der Waals surface area contributed by atoms with E-state index in [1.54, 1.807) is 0 Å². The van der Waals surface area contributed by atoms with Gasteiger partial charge in [-0.3, -0.25) is 14.9 Å². The van der Waals surface area contributed by atoms with Gasteiger partial charge in [0.2, 0.25) is 5.91 Å². The lowest BCUT2D eigenvalue weighted by molar-refractivity contribution is -0.122. The number of amides is 4. The molecule has 0 bridgehead atoms. The second kappa shape index (κ2) is 5.74. The van der Waals surface area contributed by atoms with Crippen molar-refractivity contribution in [3.63, 3.8) is 0 Å². The highest BCUT2D eigenvalue weighted by Gasteiger charge is 2.29. The van der Waals surface area contributed by atoms with E-state index >= 15 is 0 Å². The number of hydrogen-bond donors (Lipinski definition) is 3. The summed E-state index contributed by atoms with van der Waals surface area (Å²) >= 11 is 1.24. The lowest BCUT2D eigenvalue weighted by atomic mass is 10.1. The molecule has 4 amide bonds. The third kappa shape index (κ3) is 3.47. The highest BCUT2D eigenvalue weighted by atomic mass is 32.1. The van der Waals surface area contributed by atoms with Gasteiger partial charge in [0.1, 0.15) is 6.04 Å². The van der Waals surface area contributed by atoms with Crippen molar-refractivity contribution in [2.75, 3.05) is 0 Å². The molecular formula is C10H13N5O3S. The average Bonchev–Trinajstić information content (AvgIpc) is 2.90. The van der Waals surface area contributed by atoms with Crippen LogP contribution in [0.1, 0.15) is 23.4 Å². The van der Waals surface area contributed by atoms with Crippen LogP contribution in [-0.2, 0) is 16.1 Å². The Morgan fingerprint density at radius 3 is 2.84 bits per heavy atom. The third-order valence-electron chi connectivity index (χ3n) is 2.71. The fourth-order valence-electron chi connectivity index (χ4n) is 1.62. The van der Waals surface area contributed by atoms with Gasteiger partial charge in [0.05, 0.1) is 17.1 Å². The molecule has 19 heavy (non-hydrogen) atoms. The quantitative estimate of drug-likeness (QED) is 0.628. The van der Waals surface area contributed by atoms with E-state index in [9.17, 15) is 14.4 Å². The smallest absolute Gasteiger partial charge is 0.322 e. The summed E-state index contributed by atoms with van der Waals surface area (Å²) in [5, 5.41) is 11.1. The number of carbonyl (C=O) groups is 3. The Morgan fingerprint density at radius 2 is 2.26 bits per heavy atom. The van der Waals surface area contributed by atoms with Gasteiger partial charge in [0.15, 0.2) is 0 Å². The molecule has 2 heterocycles. The number of nitrogens with one attached hydrogen (secondary N) is 3. The molecule has 1 aromatic heterocycles. The monoisotopic (exact) mass is 283 g/mol. The van der Waals surface area contributed by atoms with Gasteiger partial charge in [-0.2, -0.15) is 0 Å². The van der Waals surface area contributed by atoms with Crippen molar-refractivity contribution in [2.24, 2.45) is 0 Å². The number of hydrogen-bond acceptors (Lipinski definition) is 6. The minimum atomic E-state index is -0.620. The van der Waals surface area contributed by atoms with Crippen LogP contribution in [0.2, 0.25) is 0 Å². The number of aryl methyl sites for hydroxylation is 1. The minimum absolute atomic E-state index is 0.170. The van der Waals surface area contributed by atoms with Crippen LogP contribution in [0.5, 0.6) is 0 Å². The van der Waals surface area contributed by atoms with Crippen LogP contribution in [-0.4, -0.2) is 33.5 Å². The van der Waals surface area contributed by atoms with Crippen LogP contribution in [0, 0.1) is 6.92 Å². The SMILES string of the molecule is Cc1nnsc1CNC(=O)CC[C@@H]1NC(=O)NC1=O. The number of rotatable bonds is 5. The minimum Gasteiger partial charge on any atom is -0.351 e. The summed E-state index contributed by atoms with van der Waals surface area (Å²) in [5.41, 5.74) is 0.799. The van der Waals surface area contributed by atoms with E-state index in [1.807, 2.05) is 6.92 Å². The van der Waals surface area contributed by atoms with Crippen molar-refractivity contribution in [3.8, 4) is 0 Å². The predicted molar refractivity (Wildman–Crippen MR) is 66.2 cm³/mol. The summed E-state index contributed by atoms with van der Waals surface area (Å²) in [7, 11) is 0. The highest BCUT2D eigenvalue weighted by Crippen LogP contribution is 2.08. The molecule has 9 heteroatoms. The van der Waals surface area contributed by atoms with Gasteiger partial charge >= 0.3 is 6.03 Å². The maximum atomic E-state index is 11.6. The molecule has 8 nitrogen and oxygen atoms in total. The first-order chi connectivity index (χ1) is 9.06.